The molecule has 0 radical (unpaired) electrons. The first-order valence-electron chi connectivity index (χ1n) is 8.92. The molecule has 1 saturated heterocycles. The van der Waals surface area contributed by atoms with Crippen molar-refractivity contribution in [3.63, 3.8) is 0 Å². The van der Waals surface area contributed by atoms with Crippen LogP contribution in [0.3, 0.4) is 0 Å². The lowest BCUT2D eigenvalue weighted by Gasteiger charge is -2.21. The zero-order valence-electron chi connectivity index (χ0n) is 14.0. The van der Waals surface area contributed by atoms with Gasteiger partial charge in [0.15, 0.2) is 0 Å². The number of carbonyl (C=O) groups excluding carboxylic acids is 3. The quantitative estimate of drug-likeness (QED) is 0.483. The third-order valence-electron chi connectivity index (χ3n) is 6.49. The maximum absolute atomic E-state index is 13.0. The van der Waals surface area contributed by atoms with Gasteiger partial charge in [0, 0.05) is 0 Å². The van der Waals surface area contributed by atoms with E-state index in [2.05, 4.69) is 12.2 Å². The molecule has 128 valence electrons. The minimum Gasteiger partial charge on any atom is -0.462 e. The van der Waals surface area contributed by atoms with E-state index in [0.717, 1.165) is 12.8 Å². The van der Waals surface area contributed by atoms with Crippen molar-refractivity contribution in [1.82, 2.24) is 0 Å². The molecule has 2 bridgehead atoms. The summed E-state index contributed by atoms with van der Waals surface area (Å²) in [5, 5.41) is 0. The Morgan fingerprint density at radius 3 is 2.12 bits per heavy atom. The van der Waals surface area contributed by atoms with E-state index >= 15 is 0 Å². The van der Waals surface area contributed by atoms with Crippen molar-refractivity contribution in [2.45, 2.75) is 19.8 Å². The predicted octanol–water partition coefficient (Wildman–Crippen LogP) is 2.56. The average Bonchev–Trinajstić information content (AvgIpc) is 3.20. The van der Waals surface area contributed by atoms with Gasteiger partial charge >= 0.3 is 5.97 Å². The molecule has 0 aromatic heterocycles. The van der Waals surface area contributed by atoms with E-state index in [-0.39, 0.29) is 40.9 Å². The highest BCUT2D eigenvalue weighted by atomic mass is 16.5. The number of amides is 2. The summed E-state index contributed by atoms with van der Waals surface area (Å²) in [5.74, 6) is -0.512. The Balaban J connectivity index is 1.44. The molecule has 1 aromatic carbocycles. The first kappa shape index (κ1) is 14.9. The summed E-state index contributed by atoms with van der Waals surface area (Å²) in [6.07, 6.45) is 6.60. The fourth-order valence-electron chi connectivity index (χ4n) is 5.29. The Hall–Kier alpha value is -2.43. The van der Waals surface area contributed by atoms with E-state index < -0.39 is 5.97 Å². The van der Waals surface area contributed by atoms with Gasteiger partial charge in [-0.1, -0.05) is 12.2 Å². The van der Waals surface area contributed by atoms with Gasteiger partial charge in [0.05, 0.1) is 29.7 Å². The Kier molecular flexibility index (Phi) is 2.86. The van der Waals surface area contributed by atoms with Gasteiger partial charge in [-0.15, -0.1) is 0 Å². The largest absolute Gasteiger partial charge is 0.462 e. The van der Waals surface area contributed by atoms with Gasteiger partial charge < -0.3 is 4.74 Å². The number of benzene rings is 1. The van der Waals surface area contributed by atoms with Crippen LogP contribution in [0.1, 0.15) is 30.1 Å². The molecule has 1 aromatic rings. The molecule has 4 aliphatic rings. The Bertz CT molecular complexity index is 787. The van der Waals surface area contributed by atoms with Crippen LogP contribution in [0.2, 0.25) is 0 Å². The van der Waals surface area contributed by atoms with Crippen molar-refractivity contribution in [3.8, 4) is 0 Å². The molecule has 3 aliphatic carbocycles. The Morgan fingerprint density at radius 1 is 1.08 bits per heavy atom. The van der Waals surface area contributed by atoms with Gasteiger partial charge in [-0.3, -0.25) is 14.5 Å². The van der Waals surface area contributed by atoms with E-state index in [9.17, 15) is 14.4 Å². The van der Waals surface area contributed by atoms with Crippen molar-refractivity contribution in [2.75, 3.05) is 11.5 Å². The first-order valence-corrected chi connectivity index (χ1v) is 8.92. The molecule has 1 heterocycles. The molecular formula is C20H19NO4. The number of allylic oxidation sites excluding steroid dienone is 2. The van der Waals surface area contributed by atoms with Gasteiger partial charge in [0.1, 0.15) is 0 Å². The minimum absolute atomic E-state index is 0.0815. The maximum Gasteiger partial charge on any atom is 0.338 e. The van der Waals surface area contributed by atoms with E-state index in [4.69, 9.17) is 4.74 Å². The molecule has 5 heteroatoms. The van der Waals surface area contributed by atoms with Crippen LogP contribution >= 0.6 is 0 Å². The molecule has 5 nitrogen and oxygen atoms in total. The molecule has 1 spiro atoms. The number of anilines is 1. The molecule has 2 saturated carbocycles. The minimum atomic E-state index is -0.400. The normalized spacial score (nSPS) is 33.2. The van der Waals surface area contributed by atoms with E-state index in [1.807, 2.05) is 0 Å². The number of fused-ring (bicyclic) bond motifs is 3. The zero-order chi connectivity index (χ0) is 17.3. The molecule has 1 aliphatic heterocycles. The van der Waals surface area contributed by atoms with Gasteiger partial charge in [-0.2, -0.15) is 0 Å². The van der Waals surface area contributed by atoms with Crippen molar-refractivity contribution in [2.24, 2.45) is 29.1 Å². The lowest BCUT2D eigenvalue weighted by molar-refractivity contribution is -0.123. The number of hydrogen-bond donors (Lipinski definition) is 0. The third kappa shape index (κ3) is 1.76. The first-order chi connectivity index (χ1) is 12.1. The number of carbonyl (C=O) groups is 3. The summed E-state index contributed by atoms with van der Waals surface area (Å²) in [6, 6.07) is 6.53. The number of rotatable bonds is 3. The van der Waals surface area contributed by atoms with Crippen LogP contribution in [-0.2, 0) is 14.3 Å². The van der Waals surface area contributed by atoms with Crippen LogP contribution in [-0.4, -0.2) is 24.4 Å². The smallest absolute Gasteiger partial charge is 0.338 e. The van der Waals surface area contributed by atoms with Gasteiger partial charge in [0.25, 0.3) is 0 Å². The number of esters is 1. The van der Waals surface area contributed by atoms with Gasteiger partial charge in [-0.25, -0.2) is 4.79 Å². The standard InChI is InChI=1S/C20H19NO4/c1-2-25-19(24)11-3-5-12(6-4-11)21-17(22)15-13-7-8-14(16(15)18(21)23)20(13)9-10-20/h3-8,13-16H,2,9-10H2,1H3/t13-,14+,15-,16-/m0/s1. The van der Waals surface area contributed by atoms with Gasteiger partial charge in [-0.05, 0) is 61.3 Å². The van der Waals surface area contributed by atoms with Crippen LogP contribution in [0.5, 0.6) is 0 Å². The molecule has 0 unspecified atom stereocenters. The van der Waals surface area contributed by atoms with Crippen LogP contribution in [0, 0.1) is 29.1 Å². The third-order valence-corrected chi connectivity index (χ3v) is 6.49. The van der Waals surface area contributed by atoms with Crippen molar-refractivity contribution in [3.05, 3.63) is 42.0 Å². The average molecular weight is 337 g/mol. The summed E-state index contributed by atoms with van der Waals surface area (Å²) in [4.78, 5) is 39.1. The highest BCUT2D eigenvalue weighted by Crippen LogP contribution is 2.73. The summed E-state index contributed by atoms with van der Waals surface area (Å²) in [5.41, 5.74) is 1.17. The predicted molar refractivity (Wildman–Crippen MR) is 89.7 cm³/mol. The summed E-state index contributed by atoms with van der Waals surface area (Å²) < 4.78 is 4.97. The highest BCUT2D eigenvalue weighted by Gasteiger charge is 2.73. The Labute approximate surface area is 145 Å². The lowest BCUT2D eigenvalue weighted by Crippen LogP contribution is -2.34. The van der Waals surface area contributed by atoms with Crippen LogP contribution in [0.4, 0.5) is 5.69 Å². The van der Waals surface area contributed by atoms with E-state index in [1.54, 1.807) is 31.2 Å². The Morgan fingerprint density at radius 2 is 1.64 bits per heavy atom. The van der Waals surface area contributed by atoms with Crippen molar-refractivity contribution < 1.29 is 19.1 Å². The maximum atomic E-state index is 13.0. The summed E-state index contributed by atoms with van der Waals surface area (Å²) in [7, 11) is 0. The fourth-order valence-corrected chi connectivity index (χ4v) is 5.29. The van der Waals surface area contributed by atoms with Crippen LogP contribution in [0.15, 0.2) is 36.4 Å². The van der Waals surface area contributed by atoms with Crippen molar-refractivity contribution >= 4 is 23.5 Å². The van der Waals surface area contributed by atoms with Gasteiger partial charge in [0.2, 0.25) is 11.8 Å². The number of imide groups is 1. The summed E-state index contributed by atoms with van der Waals surface area (Å²) in [6.45, 7) is 2.06. The second-order valence-corrected chi connectivity index (χ2v) is 7.50. The molecule has 3 fully saturated rings. The van der Waals surface area contributed by atoms with Crippen molar-refractivity contribution in [1.29, 1.82) is 0 Å². The molecule has 2 amide bonds. The summed E-state index contributed by atoms with van der Waals surface area (Å²) >= 11 is 0. The molecule has 0 N–H and O–H groups in total. The second kappa shape index (κ2) is 4.81. The van der Waals surface area contributed by atoms with Crippen LogP contribution < -0.4 is 4.90 Å². The van der Waals surface area contributed by atoms with E-state index in [0.29, 0.717) is 17.9 Å². The zero-order valence-corrected chi connectivity index (χ0v) is 14.0. The topological polar surface area (TPSA) is 63.7 Å². The molecule has 25 heavy (non-hydrogen) atoms. The second-order valence-electron chi connectivity index (χ2n) is 7.50. The number of nitrogens with zero attached hydrogens (tertiary/aromatic N) is 1. The highest BCUT2D eigenvalue weighted by molar-refractivity contribution is 6.23. The number of hydrogen-bond acceptors (Lipinski definition) is 4. The van der Waals surface area contributed by atoms with E-state index in [1.165, 1.54) is 4.90 Å². The monoisotopic (exact) mass is 337 g/mol. The SMILES string of the molecule is CCOC(=O)c1ccc(N2C(=O)[C@@H]3[C@@H](C2=O)[C@@H]2C=C[C@H]3C23CC3)cc1. The number of ether oxygens (including phenoxy) is 1. The fraction of sp³-hybridized carbons (Fsp3) is 0.450. The van der Waals surface area contributed by atoms with Crippen LogP contribution in [0.25, 0.3) is 0 Å². The molecule has 5 rings (SSSR count). The molecular weight excluding hydrogens is 318 g/mol. The lowest BCUT2D eigenvalue weighted by atomic mass is 9.85. The molecule has 4 atom stereocenters.